The molecule has 1 aromatic rings. The smallest absolute Gasteiger partial charge is 0.222 e. The highest BCUT2D eigenvalue weighted by atomic mass is 16.2. The molecule has 0 atom stereocenters. The van der Waals surface area contributed by atoms with Gasteiger partial charge in [-0.3, -0.25) is 4.79 Å². The monoisotopic (exact) mass is 258 g/mol. The Kier molecular flexibility index (Phi) is 3.31. The van der Waals surface area contributed by atoms with Gasteiger partial charge >= 0.3 is 0 Å². The van der Waals surface area contributed by atoms with Crippen molar-refractivity contribution in [1.82, 2.24) is 4.90 Å². The molecule has 0 radical (unpaired) electrons. The highest BCUT2D eigenvalue weighted by Gasteiger charge is 2.51. The number of hydrogen-bond donors (Lipinski definition) is 1. The maximum atomic E-state index is 12.0. The zero-order chi connectivity index (χ0) is 13.3. The molecule has 1 saturated carbocycles. The van der Waals surface area contributed by atoms with Crippen LogP contribution >= 0.6 is 0 Å². The van der Waals surface area contributed by atoms with Crippen LogP contribution in [0.4, 0.5) is 0 Å². The molecule has 102 valence electrons. The number of likely N-dealkylation sites (tertiary alicyclic amines) is 1. The Hall–Kier alpha value is -1.35. The van der Waals surface area contributed by atoms with Crippen molar-refractivity contribution < 1.29 is 4.79 Å². The first-order valence-electron chi connectivity index (χ1n) is 7.28. The van der Waals surface area contributed by atoms with E-state index in [2.05, 4.69) is 12.1 Å². The molecule has 0 aromatic heterocycles. The number of nitrogens with zero attached hydrogens (tertiary/aromatic N) is 1. The van der Waals surface area contributed by atoms with Gasteiger partial charge in [0.05, 0.1) is 5.54 Å². The average molecular weight is 258 g/mol. The van der Waals surface area contributed by atoms with Gasteiger partial charge in [0.2, 0.25) is 5.91 Å². The molecule has 2 aliphatic rings. The van der Waals surface area contributed by atoms with Gasteiger partial charge in [0.25, 0.3) is 0 Å². The summed E-state index contributed by atoms with van der Waals surface area (Å²) in [5.74, 6) is 0.957. The number of hydrogen-bond acceptors (Lipinski definition) is 2. The van der Waals surface area contributed by atoms with E-state index in [0.717, 1.165) is 25.9 Å². The topological polar surface area (TPSA) is 46.3 Å². The van der Waals surface area contributed by atoms with Crippen molar-refractivity contribution in [2.24, 2.45) is 11.7 Å². The second-order valence-corrected chi connectivity index (χ2v) is 6.10. The molecule has 0 spiro atoms. The predicted molar refractivity (Wildman–Crippen MR) is 75.6 cm³/mol. The van der Waals surface area contributed by atoms with Crippen LogP contribution in [0, 0.1) is 5.92 Å². The third-order valence-electron chi connectivity index (χ3n) is 4.41. The van der Waals surface area contributed by atoms with Crippen LogP contribution in [-0.2, 0) is 11.2 Å². The third-order valence-corrected chi connectivity index (χ3v) is 4.41. The Morgan fingerprint density at radius 2 is 1.95 bits per heavy atom. The third kappa shape index (κ3) is 2.81. The predicted octanol–water partition coefficient (Wildman–Crippen LogP) is 1.96. The zero-order valence-electron chi connectivity index (χ0n) is 11.3. The lowest BCUT2D eigenvalue weighted by molar-refractivity contribution is -0.139. The second-order valence-electron chi connectivity index (χ2n) is 6.10. The Morgan fingerprint density at radius 1 is 1.26 bits per heavy atom. The minimum Gasteiger partial charge on any atom is -0.339 e. The fourth-order valence-corrected chi connectivity index (χ4v) is 3.00. The van der Waals surface area contributed by atoms with Crippen molar-refractivity contribution in [3.05, 3.63) is 35.9 Å². The molecule has 0 unspecified atom stereocenters. The first-order chi connectivity index (χ1) is 9.17. The Bertz CT molecular complexity index is 447. The minimum atomic E-state index is -0.0465. The Labute approximate surface area is 114 Å². The van der Waals surface area contributed by atoms with Crippen molar-refractivity contribution in [2.75, 3.05) is 13.1 Å². The molecule has 3 rings (SSSR count). The van der Waals surface area contributed by atoms with Crippen LogP contribution in [0.15, 0.2) is 30.3 Å². The molecular formula is C16H22N2O. The summed E-state index contributed by atoms with van der Waals surface area (Å²) in [6.07, 6.45) is 5.08. The van der Waals surface area contributed by atoms with Crippen molar-refractivity contribution >= 4 is 5.91 Å². The van der Waals surface area contributed by atoms with Crippen molar-refractivity contribution in [2.45, 2.75) is 37.6 Å². The lowest BCUT2D eigenvalue weighted by Gasteiger charge is -2.48. The van der Waals surface area contributed by atoms with Crippen molar-refractivity contribution in [3.8, 4) is 0 Å². The lowest BCUT2D eigenvalue weighted by atomic mass is 9.85. The molecule has 0 bridgehead atoms. The lowest BCUT2D eigenvalue weighted by Crippen LogP contribution is -2.69. The van der Waals surface area contributed by atoms with E-state index < -0.39 is 0 Å². The highest BCUT2D eigenvalue weighted by Crippen LogP contribution is 2.43. The van der Waals surface area contributed by atoms with E-state index in [1.165, 1.54) is 18.4 Å². The second kappa shape index (κ2) is 4.97. The number of carbonyl (C=O) groups is 1. The van der Waals surface area contributed by atoms with Crippen LogP contribution in [0.5, 0.6) is 0 Å². The molecule has 19 heavy (non-hydrogen) atoms. The van der Waals surface area contributed by atoms with E-state index in [-0.39, 0.29) is 11.4 Å². The van der Waals surface area contributed by atoms with Gasteiger partial charge in [0, 0.05) is 19.5 Å². The Morgan fingerprint density at radius 3 is 2.58 bits per heavy atom. The normalized spacial score (nSPS) is 21.0. The zero-order valence-corrected chi connectivity index (χ0v) is 11.3. The van der Waals surface area contributed by atoms with Crippen LogP contribution < -0.4 is 5.73 Å². The SMILES string of the molecule is NC1(C2CC2)CN(C(=O)CCCc2ccccc2)C1. The van der Waals surface area contributed by atoms with E-state index in [4.69, 9.17) is 5.73 Å². The van der Waals surface area contributed by atoms with E-state index in [9.17, 15) is 4.79 Å². The number of amides is 1. The highest BCUT2D eigenvalue weighted by molar-refractivity contribution is 5.77. The molecule has 3 nitrogen and oxygen atoms in total. The first-order valence-corrected chi connectivity index (χ1v) is 7.28. The molecule has 3 heteroatoms. The minimum absolute atomic E-state index is 0.0465. The van der Waals surface area contributed by atoms with E-state index in [0.29, 0.717) is 12.3 Å². The van der Waals surface area contributed by atoms with E-state index >= 15 is 0 Å². The summed E-state index contributed by atoms with van der Waals surface area (Å²) in [6.45, 7) is 1.56. The van der Waals surface area contributed by atoms with E-state index in [1.807, 2.05) is 23.1 Å². The standard InChI is InChI=1S/C16H22N2O/c17-16(14-9-10-14)11-18(12-16)15(19)8-4-7-13-5-2-1-3-6-13/h1-3,5-6,14H,4,7-12,17H2. The summed E-state index contributed by atoms with van der Waals surface area (Å²) >= 11 is 0. The molecule has 1 aromatic carbocycles. The Balaban J connectivity index is 1.38. The molecule has 2 N–H and O–H groups in total. The number of aryl methyl sites for hydroxylation is 1. The molecule has 1 heterocycles. The summed E-state index contributed by atoms with van der Waals surface area (Å²) in [5.41, 5.74) is 7.53. The molecule has 1 saturated heterocycles. The van der Waals surface area contributed by atoms with Gasteiger partial charge in [-0.15, -0.1) is 0 Å². The average Bonchev–Trinajstić information content (AvgIpc) is 3.20. The maximum Gasteiger partial charge on any atom is 0.222 e. The summed E-state index contributed by atoms with van der Waals surface area (Å²) in [4.78, 5) is 14.0. The quantitative estimate of drug-likeness (QED) is 0.877. The van der Waals surface area contributed by atoms with Gasteiger partial charge in [0.15, 0.2) is 0 Å². The molecule has 1 aliphatic heterocycles. The van der Waals surface area contributed by atoms with Gasteiger partial charge in [-0.25, -0.2) is 0 Å². The molecule has 1 amide bonds. The van der Waals surface area contributed by atoms with Crippen LogP contribution in [0.3, 0.4) is 0 Å². The fourth-order valence-electron chi connectivity index (χ4n) is 3.00. The number of rotatable bonds is 5. The van der Waals surface area contributed by atoms with Gasteiger partial charge in [-0.05, 0) is 37.2 Å². The van der Waals surface area contributed by atoms with Crippen LogP contribution in [-0.4, -0.2) is 29.4 Å². The first kappa shape index (κ1) is 12.7. The number of benzene rings is 1. The van der Waals surface area contributed by atoms with Gasteiger partial charge in [0.1, 0.15) is 0 Å². The van der Waals surface area contributed by atoms with Gasteiger partial charge in [-0.2, -0.15) is 0 Å². The summed E-state index contributed by atoms with van der Waals surface area (Å²) in [5, 5.41) is 0. The van der Waals surface area contributed by atoms with Crippen LogP contribution in [0.1, 0.15) is 31.2 Å². The molecular weight excluding hydrogens is 236 g/mol. The maximum absolute atomic E-state index is 12.0. The summed E-state index contributed by atoms with van der Waals surface area (Å²) in [7, 11) is 0. The summed E-state index contributed by atoms with van der Waals surface area (Å²) in [6, 6.07) is 10.3. The van der Waals surface area contributed by atoms with E-state index in [1.54, 1.807) is 0 Å². The van der Waals surface area contributed by atoms with Crippen molar-refractivity contribution in [1.29, 1.82) is 0 Å². The van der Waals surface area contributed by atoms with Crippen LogP contribution in [0.2, 0.25) is 0 Å². The number of carbonyl (C=O) groups excluding carboxylic acids is 1. The summed E-state index contributed by atoms with van der Waals surface area (Å²) < 4.78 is 0. The number of nitrogens with two attached hydrogens (primary N) is 1. The molecule has 1 aliphatic carbocycles. The van der Waals surface area contributed by atoms with Gasteiger partial charge in [-0.1, -0.05) is 30.3 Å². The molecule has 2 fully saturated rings. The van der Waals surface area contributed by atoms with Crippen molar-refractivity contribution in [3.63, 3.8) is 0 Å². The largest absolute Gasteiger partial charge is 0.339 e. The fraction of sp³-hybridized carbons (Fsp3) is 0.562. The van der Waals surface area contributed by atoms with Crippen LogP contribution in [0.25, 0.3) is 0 Å². The van der Waals surface area contributed by atoms with Gasteiger partial charge < -0.3 is 10.6 Å².